The second-order valence-corrected chi connectivity index (χ2v) is 6.02. The van der Waals surface area contributed by atoms with Crippen LogP contribution in [0.1, 0.15) is 37.4 Å². The normalized spacial score (nSPS) is 20.9. The van der Waals surface area contributed by atoms with Crippen molar-refractivity contribution in [3.8, 4) is 0 Å². The Kier molecular flexibility index (Phi) is 4.29. The van der Waals surface area contributed by atoms with Gasteiger partial charge in [0.05, 0.1) is 11.8 Å². The van der Waals surface area contributed by atoms with E-state index in [1.807, 2.05) is 19.1 Å². The number of amides is 1. The summed E-state index contributed by atoms with van der Waals surface area (Å²) in [6.07, 6.45) is 3.64. The second kappa shape index (κ2) is 6.39. The van der Waals surface area contributed by atoms with E-state index in [1.165, 1.54) is 12.1 Å². The molecule has 0 fully saturated rings. The van der Waals surface area contributed by atoms with Gasteiger partial charge in [-0.25, -0.2) is 4.39 Å². The number of carbonyl (C=O) groups excluding carboxylic acids is 1. The Morgan fingerprint density at radius 1 is 1.33 bits per heavy atom. The molecule has 6 heteroatoms. The molecule has 1 amide bonds. The number of aromatic nitrogens is 1. The summed E-state index contributed by atoms with van der Waals surface area (Å²) in [5, 5.41) is 6.90. The molecule has 1 N–H and O–H groups in total. The Hall–Kier alpha value is -2.76. The highest BCUT2D eigenvalue weighted by Crippen LogP contribution is 2.28. The zero-order valence-corrected chi connectivity index (χ0v) is 13.5. The monoisotopic (exact) mass is 327 g/mol. The van der Waals surface area contributed by atoms with E-state index in [0.29, 0.717) is 11.3 Å². The van der Waals surface area contributed by atoms with Crippen molar-refractivity contribution >= 4 is 11.6 Å². The quantitative estimate of drug-likeness (QED) is 0.939. The van der Waals surface area contributed by atoms with Crippen LogP contribution in [0.2, 0.25) is 0 Å². The molecule has 0 spiro atoms. The number of oxime groups is 1. The van der Waals surface area contributed by atoms with Gasteiger partial charge in [-0.1, -0.05) is 17.3 Å². The van der Waals surface area contributed by atoms with Crippen LogP contribution < -0.4 is 5.32 Å². The maximum atomic E-state index is 13.4. The first-order valence-electron chi connectivity index (χ1n) is 7.70. The Morgan fingerprint density at radius 3 is 2.79 bits per heavy atom. The summed E-state index contributed by atoms with van der Waals surface area (Å²) in [4.78, 5) is 21.9. The van der Waals surface area contributed by atoms with Gasteiger partial charge in [0, 0.05) is 24.4 Å². The predicted molar refractivity (Wildman–Crippen MR) is 87.8 cm³/mol. The summed E-state index contributed by atoms with van der Waals surface area (Å²) in [5.74, 6) is -0.610. The van der Waals surface area contributed by atoms with Crippen LogP contribution in [-0.2, 0) is 9.63 Å². The first kappa shape index (κ1) is 16.1. The molecule has 0 bridgehead atoms. The van der Waals surface area contributed by atoms with Gasteiger partial charge in [-0.05, 0) is 43.7 Å². The molecule has 1 aromatic heterocycles. The second-order valence-electron chi connectivity index (χ2n) is 6.02. The van der Waals surface area contributed by atoms with E-state index in [9.17, 15) is 9.18 Å². The Morgan fingerprint density at radius 2 is 2.08 bits per heavy atom. The standard InChI is InChI=1S/C18H18FN3O2/c1-12(13-6-8-20-9-7-13)21-17(23)18(2)11-16(22-24-18)14-4-3-5-15(19)10-14/h3-10,12H,11H2,1-2H3,(H,21,23)/t12-,18+/m0/s1. The molecule has 2 atom stereocenters. The third-order valence-electron chi connectivity index (χ3n) is 4.05. The maximum Gasteiger partial charge on any atom is 0.267 e. The molecule has 0 saturated heterocycles. The molecule has 2 heterocycles. The molecule has 3 rings (SSSR count). The van der Waals surface area contributed by atoms with Gasteiger partial charge in [-0.15, -0.1) is 0 Å². The van der Waals surface area contributed by atoms with Crippen molar-refractivity contribution in [1.82, 2.24) is 10.3 Å². The molecule has 0 unspecified atom stereocenters. The summed E-state index contributed by atoms with van der Waals surface area (Å²) in [7, 11) is 0. The van der Waals surface area contributed by atoms with Crippen LogP contribution >= 0.6 is 0 Å². The highest BCUT2D eigenvalue weighted by atomic mass is 19.1. The van der Waals surface area contributed by atoms with Gasteiger partial charge in [0.25, 0.3) is 5.91 Å². The van der Waals surface area contributed by atoms with E-state index < -0.39 is 5.60 Å². The SMILES string of the molecule is C[C@H](NC(=O)[C@@]1(C)CC(c2cccc(F)c2)=NO1)c1ccncc1. The molecular formula is C18H18FN3O2. The number of benzene rings is 1. The van der Waals surface area contributed by atoms with Gasteiger partial charge in [-0.3, -0.25) is 9.78 Å². The molecule has 0 aliphatic carbocycles. The van der Waals surface area contributed by atoms with Crippen molar-refractivity contribution in [2.45, 2.75) is 31.9 Å². The average molecular weight is 327 g/mol. The van der Waals surface area contributed by atoms with E-state index in [4.69, 9.17) is 4.84 Å². The molecule has 2 aromatic rings. The number of rotatable bonds is 4. The van der Waals surface area contributed by atoms with Gasteiger partial charge in [-0.2, -0.15) is 0 Å². The number of hydrogen-bond donors (Lipinski definition) is 1. The minimum Gasteiger partial charge on any atom is -0.379 e. The van der Waals surface area contributed by atoms with Crippen molar-refractivity contribution in [3.05, 3.63) is 65.7 Å². The molecular weight excluding hydrogens is 309 g/mol. The van der Waals surface area contributed by atoms with Gasteiger partial charge in [0.15, 0.2) is 0 Å². The predicted octanol–water partition coefficient (Wildman–Crippen LogP) is 2.98. The lowest BCUT2D eigenvalue weighted by atomic mass is 9.94. The highest BCUT2D eigenvalue weighted by Gasteiger charge is 2.42. The van der Waals surface area contributed by atoms with E-state index in [-0.39, 0.29) is 24.2 Å². The maximum absolute atomic E-state index is 13.4. The number of nitrogens with one attached hydrogen (secondary N) is 1. The number of halogens is 1. The Bertz CT molecular complexity index is 779. The summed E-state index contributed by atoms with van der Waals surface area (Å²) < 4.78 is 13.4. The number of hydrogen-bond acceptors (Lipinski definition) is 4. The number of carbonyl (C=O) groups is 1. The molecule has 0 radical (unpaired) electrons. The van der Waals surface area contributed by atoms with Crippen molar-refractivity contribution in [1.29, 1.82) is 0 Å². The van der Waals surface area contributed by atoms with Crippen molar-refractivity contribution in [3.63, 3.8) is 0 Å². The van der Waals surface area contributed by atoms with Crippen LogP contribution in [0.25, 0.3) is 0 Å². The van der Waals surface area contributed by atoms with Gasteiger partial charge in [0.1, 0.15) is 5.82 Å². The fraction of sp³-hybridized carbons (Fsp3) is 0.278. The molecule has 1 aliphatic rings. The number of nitrogens with zero attached hydrogens (tertiary/aromatic N) is 2. The zero-order valence-electron chi connectivity index (χ0n) is 13.5. The van der Waals surface area contributed by atoms with Gasteiger partial charge < -0.3 is 10.2 Å². The van der Waals surface area contributed by atoms with Gasteiger partial charge in [0.2, 0.25) is 5.60 Å². The summed E-state index contributed by atoms with van der Waals surface area (Å²) in [5.41, 5.74) is 1.02. The van der Waals surface area contributed by atoms with Gasteiger partial charge >= 0.3 is 0 Å². The van der Waals surface area contributed by atoms with Crippen LogP contribution in [0, 0.1) is 5.82 Å². The molecule has 1 aromatic carbocycles. The van der Waals surface area contributed by atoms with Crippen LogP contribution in [-0.4, -0.2) is 22.2 Å². The first-order chi connectivity index (χ1) is 11.5. The lowest BCUT2D eigenvalue weighted by Gasteiger charge is -2.23. The Balaban J connectivity index is 1.68. The molecule has 5 nitrogen and oxygen atoms in total. The van der Waals surface area contributed by atoms with E-state index in [2.05, 4.69) is 15.5 Å². The fourth-order valence-electron chi connectivity index (χ4n) is 2.57. The summed E-state index contributed by atoms with van der Waals surface area (Å²) in [6.45, 7) is 3.57. The largest absolute Gasteiger partial charge is 0.379 e. The minimum absolute atomic E-state index is 0.181. The average Bonchev–Trinajstić information content (AvgIpc) is 2.99. The molecule has 1 aliphatic heterocycles. The molecule has 24 heavy (non-hydrogen) atoms. The highest BCUT2D eigenvalue weighted by molar-refractivity contribution is 6.05. The number of pyridine rings is 1. The van der Waals surface area contributed by atoms with Crippen molar-refractivity contribution < 1.29 is 14.0 Å². The molecule has 0 saturated carbocycles. The smallest absolute Gasteiger partial charge is 0.267 e. The third kappa shape index (κ3) is 3.27. The molecule has 124 valence electrons. The van der Waals surface area contributed by atoms with Crippen molar-refractivity contribution in [2.75, 3.05) is 0 Å². The first-order valence-corrected chi connectivity index (χ1v) is 7.70. The lowest BCUT2D eigenvalue weighted by Crippen LogP contribution is -2.45. The van der Waals surface area contributed by atoms with E-state index >= 15 is 0 Å². The van der Waals surface area contributed by atoms with E-state index in [0.717, 1.165) is 5.56 Å². The van der Waals surface area contributed by atoms with Crippen LogP contribution in [0.4, 0.5) is 4.39 Å². The fourth-order valence-corrected chi connectivity index (χ4v) is 2.57. The van der Waals surface area contributed by atoms with Crippen molar-refractivity contribution in [2.24, 2.45) is 5.16 Å². The summed E-state index contributed by atoms with van der Waals surface area (Å²) in [6, 6.07) is 9.60. The minimum atomic E-state index is -1.11. The lowest BCUT2D eigenvalue weighted by molar-refractivity contribution is -0.142. The van der Waals surface area contributed by atoms with Crippen LogP contribution in [0.5, 0.6) is 0 Å². The van der Waals surface area contributed by atoms with Crippen LogP contribution in [0.3, 0.4) is 0 Å². The van der Waals surface area contributed by atoms with E-state index in [1.54, 1.807) is 31.5 Å². The third-order valence-corrected chi connectivity index (χ3v) is 4.05. The topological polar surface area (TPSA) is 63.6 Å². The van der Waals surface area contributed by atoms with Crippen LogP contribution in [0.15, 0.2) is 53.9 Å². The summed E-state index contributed by atoms with van der Waals surface area (Å²) >= 11 is 0. The Labute approximate surface area is 139 Å². The zero-order chi connectivity index (χ0) is 17.2.